The number of hydrogen-bond donors (Lipinski definition) is 1. The number of aryl methyl sites for hydroxylation is 1. The fourth-order valence-electron chi connectivity index (χ4n) is 3.07. The van der Waals surface area contributed by atoms with Crippen LogP contribution in [0.5, 0.6) is 5.75 Å². The number of hydrogen-bond acceptors (Lipinski definition) is 4. The van der Waals surface area contributed by atoms with Crippen molar-refractivity contribution in [1.29, 1.82) is 0 Å². The lowest BCUT2D eigenvalue weighted by atomic mass is 10.0. The fraction of sp³-hybridized carbons (Fsp3) is 0.292. The van der Waals surface area contributed by atoms with Gasteiger partial charge in [-0.15, -0.1) is 0 Å². The largest absolute Gasteiger partial charge is 0.486 e. The molecule has 1 aromatic heterocycles. The molecule has 6 heteroatoms. The van der Waals surface area contributed by atoms with Crippen LogP contribution in [0.4, 0.5) is 4.39 Å². The van der Waals surface area contributed by atoms with Crippen LogP contribution in [-0.4, -0.2) is 31.4 Å². The van der Waals surface area contributed by atoms with Crippen molar-refractivity contribution in [2.75, 3.05) is 20.6 Å². The van der Waals surface area contributed by atoms with Gasteiger partial charge in [-0.3, -0.25) is 4.79 Å². The molecule has 0 fully saturated rings. The summed E-state index contributed by atoms with van der Waals surface area (Å²) in [5, 5.41) is 3.00. The summed E-state index contributed by atoms with van der Waals surface area (Å²) in [6.45, 7) is 3.00. The van der Waals surface area contributed by atoms with E-state index in [1.807, 2.05) is 50.2 Å². The van der Waals surface area contributed by atoms with Gasteiger partial charge in [0.1, 0.15) is 23.9 Å². The molecule has 1 N–H and O–H groups in total. The van der Waals surface area contributed by atoms with Crippen LogP contribution in [0.1, 0.15) is 39.9 Å². The Labute approximate surface area is 176 Å². The first-order chi connectivity index (χ1) is 14.4. The third-order valence-corrected chi connectivity index (χ3v) is 4.70. The highest BCUT2D eigenvalue weighted by Gasteiger charge is 2.19. The molecule has 1 heterocycles. The van der Waals surface area contributed by atoms with Gasteiger partial charge in [-0.2, -0.15) is 0 Å². The Kier molecular flexibility index (Phi) is 7.25. The van der Waals surface area contributed by atoms with Crippen LogP contribution in [-0.2, 0) is 6.61 Å². The molecule has 0 bridgehead atoms. The molecule has 1 unspecified atom stereocenters. The lowest BCUT2D eigenvalue weighted by Gasteiger charge is -2.21. The molecule has 0 saturated heterocycles. The van der Waals surface area contributed by atoms with Gasteiger partial charge >= 0.3 is 0 Å². The number of carbonyl (C=O) groups is 1. The minimum Gasteiger partial charge on any atom is -0.486 e. The Morgan fingerprint density at radius 1 is 1.13 bits per heavy atom. The quantitative estimate of drug-likeness (QED) is 0.554. The summed E-state index contributed by atoms with van der Waals surface area (Å²) in [5.74, 6) is 0.908. The van der Waals surface area contributed by atoms with Crippen LogP contribution >= 0.6 is 0 Å². The van der Waals surface area contributed by atoms with Crippen molar-refractivity contribution >= 4 is 5.91 Å². The van der Waals surface area contributed by atoms with E-state index in [2.05, 4.69) is 5.32 Å². The van der Waals surface area contributed by atoms with E-state index >= 15 is 0 Å². The molecule has 1 amide bonds. The van der Waals surface area contributed by atoms with E-state index in [4.69, 9.17) is 9.15 Å². The summed E-state index contributed by atoms with van der Waals surface area (Å²) < 4.78 is 24.7. The van der Waals surface area contributed by atoms with Crippen LogP contribution < -0.4 is 10.1 Å². The predicted octanol–water partition coefficient (Wildman–Crippen LogP) is 4.73. The van der Waals surface area contributed by atoms with Crippen molar-refractivity contribution in [3.8, 4) is 5.75 Å². The van der Waals surface area contributed by atoms with Gasteiger partial charge in [-0.1, -0.05) is 24.3 Å². The zero-order valence-corrected chi connectivity index (χ0v) is 17.5. The monoisotopic (exact) mass is 410 g/mol. The normalized spacial score (nSPS) is 12.0. The van der Waals surface area contributed by atoms with E-state index in [0.717, 1.165) is 23.4 Å². The molecule has 0 aliphatic rings. The second kappa shape index (κ2) is 10.1. The van der Waals surface area contributed by atoms with Crippen LogP contribution in [0, 0.1) is 12.7 Å². The molecule has 5 nitrogen and oxygen atoms in total. The number of halogens is 1. The summed E-state index contributed by atoms with van der Waals surface area (Å²) in [5.41, 5.74) is 1.96. The van der Waals surface area contributed by atoms with Crippen molar-refractivity contribution in [2.24, 2.45) is 0 Å². The lowest BCUT2D eigenvalue weighted by Crippen LogP contribution is -2.30. The Morgan fingerprint density at radius 2 is 1.90 bits per heavy atom. The maximum atomic E-state index is 13.3. The van der Waals surface area contributed by atoms with Gasteiger partial charge in [0.2, 0.25) is 0 Å². The molecule has 0 radical (unpaired) electrons. The summed E-state index contributed by atoms with van der Waals surface area (Å²) in [6, 6.07) is 17.0. The van der Waals surface area contributed by atoms with E-state index in [1.54, 1.807) is 24.3 Å². The lowest BCUT2D eigenvalue weighted by molar-refractivity contribution is 0.0900. The third kappa shape index (κ3) is 6.19. The second-order valence-electron chi connectivity index (χ2n) is 7.54. The second-order valence-corrected chi connectivity index (χ2v) is 7.54. The number of furan rings is 1. The maximum Gasteiger partial charge on any atom is 0.287 e. The molecular formula is C24H27FN2O3. The highest BCUT2D eigenvalue weighted by molar-refractivity contribution is 5.91. The van der Waals surface area contributed by atoms with E-state index in [9.17, 15) is 9.18 Å². The predicted molar refractivity (Wildman–Crippen MR) is 114 cm³/mol. The van der Waals surface area contributed by atoms with Crippen LogP contribution in [0.2, 0.25) is 0 Å². The van der Waals surface area contributed by atoms with Crippen molar-refractivity contribution in [2.45, 2.75) is 26.0 Å². The first kappa shape index (κ1) is 21.6. The standard InChI is InChI=1S/C24H27FN2O3/c1-17-5-4-6-20(15-17)29-16-21-11-12-23(30-21)24(28)26-22(13-14-27(2)3)18-7-9-19(25)10-8-18/h4-12,15,22H,13-14,16H2,1-3H3,(H,26,28). The minimum absolute atomic E-state index is 0.217. The Balaban J connectivity index is 1.64. The Morgan fingerprint density at radius 3 is 2.60 bits per heavy atom. The zero-order chi connectivity index (χ0) is 21.5. The van der Waals surface area contributed by atoms with Gasteiger partial charge < -0.3 is 19.4 Å². The maximum absolute atomic E-state index is 13.3. The van der Waals surface area contributed by atoms with E-state index < -0.39 is 0 Å². The highest BCUT2D eigenvalue weighted by Crippen LogP contribution is 2.20. The van der Waals surface area contributed by atoms with Crippen molar-refractivity contribution in [1.82, 2.24) is 10.2 Å². The summed E-state index contributed by atoms with van der Waals surface area (Å²) in [7, 11) is 3.94. The fourth-order valence-corrected chi connectivity index (χ4v) is 3.07. The molecule has 158 valence electrons. The van der Waals surface area contributed by atoms with Gasteiger partial charge in [0.05, 0.1) is 6.04 Å². The molecule has 3 rings (SSSR count). The first-order valence-corrected chi connectivity index (χ1v) is 9.90. The zero-order valence-electron chi connectivity index (χ0n) is 17.5. The van der Waals surface area contributed by atoms with Crippen LogP contribution in [0.3, 0.4) is 0 Å². The van der Waals surface area contributed by atoms with Gasteiger partial charge in [0.25, 0.3) is 5.91 Å². The van der Waals surface area contributed by atoms with Crippen molar-refractivity contribution in [3.05, 3.63) is 89.1 Å². The topological polar surface area (TPSA) is 54.7 Å². The molecule has 3 aromatic rings. The van der Waals surface area contributed by atoms with Gasteiger partial charge in [0, 0.05) is 0 Å². The Hall–Kier alpha value is -3.12. The molecular weight excluding hydrogens is 383 g/mol. The molecule has 30 heavy (non-hydrogen) atoms. The van der Waals surface area contributed by atoms with Gasteiger partial charge in [-0.25, -0.2) is 4.39 Å². The SMILES string of the molecule is Cc1cccc(OCc2ccc(C(=O)NC(CCN(C)C)c3ccc(F)cc3)o2)c1. The molecule has 0 aliphatic heterocycles. The number of nitrogens with one attached hydrogen (secondary N) is 1. The number of nitrogens with zero attached hydrogens (tertiary/aromatic N) is 1. The smallest absolute Gasteiger partial charge is 0.287 e. The number of ether oxygens (including phenoxy) is 1. The molecule has 0 spiro atoms. The summed E-state index contributed by atoms with van der Waals surface area (Å²) in [6.07, 6.45) is 0.689. The third-order valence-electron chi connectivity index (χ3n) is 4.70. The number of rotatable bonds is 9. The number of carbonyl (C=O) groups excluding carboxylic acids is 1. The number of amides is 1. The average molecular weight is 410 g/mol. The van der Waals surface area contributed by atoms with E-state index in [0.29, 0.717) is 12.2 Å². The summed E-state index contributed by atoms with van der Waals surface area (Å²) >= 11 is 0. The summed E-state index contributed by atoms with van der Waals surface area (Å²) in [4.78, 5) is 14.8. The van der Waals surface area contributed by atoms with Crippen LogP contribution in [0.15, 0.2) is 65.1 Å². The molecule has 2 aromatic carbocycles. The van der Waals surface area contributed by atoms with E-state index in [-0.39, 0.29) is 30.1 Å². The van der Waals surface area contributed by atoms with Crippen LogP contribution in [0.25, 0.3) is 0 Å². The van der Waals surface area contributed by atoms with E-state index in [1.165, 1.54) is 12.1 Å². The molecule has 0 aliphatic carbocycles. The van der Waals surface area contributed by atoms with Crippen molar-refractivity contribution in [3.63, 3.8) is 0 Å². The molecule has 0 saturated carbocycles. The minimum atomic E-state index is -0.315. The van der Waals surface area contributed by atoms with Crippen molar-refractivity contribution < 1.29 is 18.3 Å². The van der Waals surface area contributed by atoms with Gasteiger partial charge in [0.15, 0.2) is 5.76 Å². The number of benzene rings is 2. The van der Waals surface area contributed by atoms with Gasteiger partial charge in [-0.05, 0) is 81.5 Å². The Bertz CT molecular complexity index is 967. The average Bonchev–Trinajstić information content (AvgIpc) is 3.19. The first-order valence-electron chi connectivity index (χ1n) is 9.90. The highest BCUT2D eigenvalue weighted by atomic mass is 19.1. The molecule has 1 atom stereocenters.